The van der Waals surface area contributed by atoms with Gasteiger partial charge in [-0.05, 0) is 77.9 Å². The second-order valence-corrected chi connectivity index (χ2v) is 8.23. The fraction of sp³-hybridized carbons (Fsp3) is 0.208. The van der Waals surface area contributed by atoms with Crippen molar-refractivity contribution in [3.63, 3.8) is 0 Å². The Morgan fingerprint density at radius 1 is 1.17 bits per heavy atom. The van der Waals surface area contributed by atoms with E-state index < -0.39 is 17.9 Å². The first-order valence-electron chi connectivity index (χ1n) is 9.63. The number of ether oxygens (including phenoxy) is 1. The average Bonchev–Trinajstić information content (AvgIpc) is 3.54. The Labute approximate surface area is 183 Å². The Bertz CT molecular complexity index is 1170. The van der Waals surface area contributed by atoms with Crippen LogP contribution in [0.2, 0.25) is 10.0 Å². The van der Waals surface area contributed by atoms with Gasteiger partial charge in [0.2, 0.25) is 0 Å². The molecule has 0 bridgehead atoms. The van der Waals surface area contributed by atoms with E-state index >= 15 is 0 Å². The third kappa shape index (κ3) is 4.16. The smallest absolute Gasteiger partial charge is 0.328 e. The van der Waals surface area contributed by atoms with Crippen LogP contribution < -0.4 is 4.74 Å². The highest BCUT2D eigenvalue weighted by atomic mass is 35.5. The fourth-order valence-corrected chi connectivity index (χ4v) is 4.19. The molecule has 0 unspecified atom stereocenters. The average molecular weight is 445 g/mol. The molecule has 0 radical (unpaired) electrons. The first-order valence-corrected chi connectivity index (χ1v) is 10.4. The highest BCUT2D eigenvalue weighted by Gasteiger charge is 2.28. The molecule has 3 aromatic rings. The molecule has 1 N–H and O–H groups in total. The molecule has 6 heteroatoms. The molecule has 1 aliphatic rings. The van der Waals surface area contributed by atoms with Gasteiger partial charge in [-0.2, -0.15) is 0 Å². The Balaban J connectivity index is 1.73. The highest BCUT2D eigenvalue weighted by Crippen LogP contribution is 2.46. The Hall–Kier alpha value is -2.56. The third-order valence-electron chi connectivity index (χ3n) is 5.26. The van der Waals surface area contributed by atoms with Crippen LogP contribution in [0.5, 0.6) is 5.75 Å². The van der Waals surface area contributed by atoms with Gasteiger partial charge in [0.05, 0.1) is 10.0 Å². The molecule has 3 nitrogen and oxygen atoms in total. The Morgan fingerprint density at radius 3 is 2.57 bits per heavy atom. The molecule has 0 amide bonds. The summed E-state index contributed by atoms with van der Waals surface area (Å²) in [6.07, 6.45) is 4.27. The maximum Gasteiger partial charge on any atom is 0.328 e. The molecule has 1 atom stereocenters. The molecule has 1 fully saturated rings. The molecule has 3 aromatic carbocycles. The normalized spacial score (nSPS) is 14.9. The van der Waals surface area contributed by atoms with Gasteiger partial charge in [-0.1, -0.05) is 41.4 Å². The van der Waals surface area contributed by atoms with Gasteiger partial charge in [0, 0.05) is 11.6 Å². The van der Waals surface area contributed by atoms with Crippen molar-refractivity contribution in [1.29, 1.82) is 0 Å². The van der Waals surface area contributed by atoms with Gasteiger partial charge in [-0.3, -0.25) is 0 Å². The van der Waals surface area contributed by atoms with Gasteiger partial charge in [0.25, 0.3) is 0 Å². The number of carboxylic acid groups (broad SMARTS) is 1. The number of carboxylic acids is 1. The first kappa shape index (κ1) is 20.7. The number of benzene rings is 3. The molecule has 0 aromatic heterocycles. The van der Waals surface area contributed by atoms with Gasteiger partial charge in [-0.25, -0.2) is 9.18 Å². The van der Waals surface area contributed by atoms with Crippen LogP contribution in [0.4, 0.5) is 4.39 Å². The Kier molecular flexibility index (Phi) is 5.72. The quantitative estimate of drug-likeness (QED) is 0.318. The number of carbonyl (C=O) groups is 1. The van der Waals surface area contributed by atoms with Crippen molar-refractivity contribution in [3.8, 4) is 5.75 Å². The molecular formula is C24H19Cl2FO3. The first-order chi connectivity index (χ1) is 14.3. The van der Waals surface area contributed by atoms with Gasteiger partial charge >= 0.3 is 5.97 Å². The van der Waals surface area contributed by atoms with Gasteiger partial charge in [0.1, 0.15) is 17.7 Å². The lowest BCUT2D eigenvalue weighted by atomic mass is 9.95. The summed E-state index contributed by atoms with van der Waals surface area (Å²) in [5, 5.41) is 11.3. The van der Waals surface area contributed by atoms with Crippen molar-refractivity contribution in [1.82, 2.24) is 0 Å². The van der Waals surface area contributed by atoms with E-state index in [4.69, 9.17) is 33.0 Å². The van der Waals surface area contributed by atoms with Crippen LogP contribution in [0, 0.1) is 5.82 Å². The zero-order valence-electron chi connectivity index (χ0n) is 16.2. The zero-order chi connectivity index (χ0) is 21.4. The maximum absolute atomic E-state index is 14.5. The van der Waals surface area contributed by atoms with E-state index in [0.29, 0.717) is 11.7 Å². The molecule has 154 valence electrons. The lowest BCUT2D eigenvalue weighted by Crippen LogP contribution is -2.07. The topological polar surface area (TPSA) is 46.5 Å². The number of aliphatic carboxylic acids is 1. The summed E-state index contributed by atoms with van der Waals surface area (Å²) in [7, 11) is 0. The standard InChI is InChI=1S/C24H19Cl2FO3/c1-13(22-19(25)9-10-20(26)24(22)27)30-17-8-6-14-2-3-16(7-11-21(28)29)23(15-4-5-15)18(14)12-17/h2-3,6-13,15H,4-5H2,1H3,(H,28,29)/b11-7+/t13-/m0/s1. The van der Waals surface area contributed by atoms with Gasteiger partial charge in [0.15, 0.2) is 0 Å². The van der Waals surface area contributed by atoms with Crippen LogP contribution in [0.15, 0.2) is 48.5 Å². The second kappa shape index (κ2) is 8.29. The second-order valence-electron chi connectivity index (χ2n) is 7.41. The predicted molar refractivity (Wildman–Crippen MR) is 118 cm³/mol. The van der Waals surface area contributed by atoms with Crippen molar-refractivity contribution in [3.05, 3.63) is 81.1 Å². The predicted octanol–water partition coefficient (Wildman–Crippen LogP) is 7.40. The largest absolute Gasteiger partial charge is 0.486 e. The van der Waals surface area contributed by atoms with E-state index in [9.17, 15) is 9.18 Å². The van der Waals surface area contributed by atoms with Crippen LogP contribution in [-0.2, 0) is 4.79 Å². The van der Waals surface area contributed by atoms with E-state index in [1.807, 2.05) is 30.3 Å². The summed E-state index contributed by atoms with van der Waals surface area (Å²) in [5.41, 5.74) is 2.22. The zero-order valence-corrected chi connectivity index (χ0v) is 17.7. The Morgan fingerprint density at radius 2 is 1.87 bits per heavy atom. The molecule has 0 saturated heterocycles. The van der Waals surface area contributed by atoms with Crippen molar-refractivity contribution in [2.45, 2.75) is 31.8 Å². The van der Waals surface area contributed by atoms with Gasteiger partial charge in [-0.15, -0.1) is 0 Å². The summed E-state index contributed by atoms with van der Waals surface area (Å²) in [5.74, 6) is -0.596. The minimum absolute atomic E-state index is 0.00533. The van der Waals surface area contributed by atoms with Crippen molar-refractivity contribution >= 4 is 46.0 Å². The maximum atomic E-state index is 14.5. The summed E-state index contributed by atoms with van der Waals surface area (Å²) >= 11 is 12.1. The highest BCUT2D eigenvalue weighted by molar-refractivity contribution is 6.33. The lowest BCUT2D eigenvalue weighted by Gasteiger charge is -2.19. The molecule has 30 heavy (non-hydrogen) atoms. The lowest BCUT2D eigenvalue weighted by molar-refractivity contribution is -0.131. The van der Waals surface area contributed by atoms with Crippen LogP contribution in [0.1, 0.15) is 48.5 Å². The van der Waals surface area contributed by atoms with E-state index in [0.717, 1.165) is 40.8 Å². The third-order valence-corrected chi connectivity index (χ3v) is 5.88. The number of hydrogen-bond donors (Lipinski definition) is 1. The summed E-state index contributed by atoms with van der Waals surface area (Å²) < 4.78 is 20.5. The number of hydrogen-bond acceptors (Lipinski definition) is 2. The number of fused-ring (bicyclic) bond motifs is 1. The summed E-state index contributed by atoms with van der Waals surface area (Å²) in [6, 6.07) is 12.6. The molecule has 1 aliphatic carbocycles. The summed E-state index contributed by atoms with van der Waals surface area (Å²) in [4.78, 5) is 11.0. The minimum Gasteiger partial charge on any atom is -0.486 e. The number of halogens is 3. The summed E-state index contributed by atoms with van der Waals surface area (Å²) in [6.45, 7) is 1.72. The van der Waals surface area contributed by atoms with E-state index in [2.05, 4.69) is 0 Å². The number of rotatable bonds is 6. The molecule has 0 heterocycles. The fourth-order valence-electron chi connectivity index (χ4n) is 3.72. The van der Waals surface area contributed by atoms with Crippen LogP contribution in [0.3, 0.4) is 0 Å². The van der Waals surface area contributed by atoms with Crippen molar-refractivity contribution < 1.29 is 19.0 Å². The van der Waals surface area contributed by atoms with Crippen molar-refractivity contribution in [2.75, 3.05) is 0 Å². The van der Waals surface area contributed by atoms with E-state index in [-0.39, 0.29) is 15.6 Å². The molecule has 0 spiro atoms. The monoisotopic (exact) mass is 444 g/mol. The molecule has 0 aliphatic heterocycles. The molecule has 1 saturated carbocycles. The minimum atomic E-state index is -0.983. The molecule has 4 rings (SSSR count). The van der Waals surface area contributed by atoms with E-state index in [1.54, 1.807) is 19.1 Å². The van der Waals surface area contributed by atoms with Crippen molar-refractivity contribution in [2.24, 2.45) is 0 Å². The molecular weight excluding hydrogens is 426 g/mol. The van der Waals surface area contributed by atoms with E-state index in [1.165, 1.54) is 6.07 Å². The van der Waals surface area contributed by atoms with Crippen LogP contribution in [0.25, 0.3) is 16.8 Å². The van der Waals surface area contributed by atoms with Crippen LogP contribution in [-0.4, -0.2) is 11.1 Å². The van der Waals surface area contributed by atoms with Gasteiger partial charge < -0.3 is 9.84 Å². The van der Waals surface area contributed by atoms with Crippen LogP contribution >= 0.6 is 23.2 Å². The SMILES string of the molecule is C[C@H](Oc1ccc2ccc(/C=C/C(=O)O)c(C3CC3)c2c1)c1c(Cl)ccc(Cl)c1F.